The molecule has 0 aromatic heterocycles. The van der Waals surface area contributed by atoms with Crippen LogP contribution in [-0.4, -0.2) is 41.1 Å². The Labute approximate surface area is 124 Å². The average molecular weight is 292 g/mol. The highest BCUT2D eigenvalue weighted by molar-refractivity contribution is 5.84. The van der Waals surface area contributed by atoms with Gasteiger partial charge in [0.15, 0.2) is 0 Å². The van der Waals surface area contributed by atoms with Crippen LogP contribution in [0.3, 0.4) is 0 Å². The summed E-state index contributed by atoms with van der Waals surface area (Å²) in [5.74, 6) is 0.0615. The van der Waals surface area contributed by atoms with E-state index in [1.807, 2.05) is 6.07 Å². The van der Waals surface area contributed by atoms with Gasteiger partial charge in [-0.25, -0.2) is 4.39 Å². The minimum absolute atomic E-state index is 0.167. The Morgan fingerprint density at radius 2 is 2.19 bits per heavy atom. The van der Waals surface area contributed by atoms with E-state index >= 15 is 0 Å². The molecule has 4 nitrogen and oxygen atoms in total. The summed E-state index contributed by atoms with van der Waals surface area (Å²) in [6, 6.07) is 6.27. The standard InChI is InChI=1S/C16H21FN2O2/c1-16(2,21)15(20)19-9-11-7-18-8-13(11)14(19)10-4-3-5-12(17)6-10/h3-6,11,13-14,18,21H,7-9H2,1-2H3/t11-,13-,14+/m0/s1. The van der Waals surface area contributed by atoms with E-state index in [2.05, 4.69) is 5.32 Å². The van der Waals surface area contributed by atoms with Crippen molar-refractivity contribution in [3.05, 3.63) is 35.6 Å². The number of nitrogens with zero attached hydrogens (tertiary/aromatic N) is 1. The number of aliphatic hydroxyl groups is 1. The van der Waals surface area contributed by atoms with E-state index in [-0.39, 0.29) is 23.7 Å². The Bertz CT molecular complexity index is 555. The Hall–Kier alpha value is -1.46. The van der Waals surface area contributed by atoms with Gasteiger partial charge in [0.2, 0.25) is 0 Å². The normalized spacial score (nSPS) is 28.8. The molecular formula is C16H21FN2O2. The number of hydrogen-bond acceptors (Lipinski definition) is 3. The highest BCUT2D eigenvalue weighted by atomic mass is 19.1. The van der Waals surface area contributed by atoms with Crippen molar-refractivity contribution in [3.8, 4) is 0 Å². The first-order chi connectivity index (χ1) is 9.88. The van der Waals surface area contributed by atoms with Crippen LogP contribution in [0.1, 0.15) is 25.5 Å². The molecule has 2 heterocycles. The second kappa shape index (κ2) is 5.07. The molecule has 3 atom stereocenters. The molecule has 0 aliphatic carbocycles. The first-order valence-corrected chi connectivity index (χ1v) is 7.37. The van der Waals surface area contributed by atoms with Crippen LogP contribution in [0.2, 0.25) is 0 Å². The molecule has 0 saturated carbocycles. The molecule has 2 fully saturated rings. The SMILES string of the molecule is CC(C)(O)C(=O)N1C[C@@H]2CNC[C@@H]2[C@H]1c1cccc(F)c1. The number of rotatable bonds is 2. The summed E-state index contributed by atoms with van der Waals surface area (Å²) in [4.78, 5) is 14.3. The molecule has 114 valence electrons. The average Bonchev–Trinajstić information content (AvgIpc) is 2.96. The predicted octanol–water partition coefficient (Wildman–Crippen LogP) is 1.32. The molecule has 0 spiro atoms. The molecule has 2 aliphatic heterocycles. The second-order valence-electron chi connectivity index (χ2n) is 6.60. The van der Waals surface area contributed by atoms with Gasteiger partial charge in [-0.2, -0.15) is 0 Å². The highest BCUT2D eigenvalue weighted by Gasteiger charge is 2.48. The van der Waals surface area contributed by atoms with Crippen LogP contribution in [-0.2, 0) is 4.79 Å². The van der Waals surface area contributed by atoms with Crippen LogP contribution in [0.15, 0.2) is 24.3 Å². The number of carbonyl (C=O) groups excluding carboxylic acids is 1. The van der Waals surface area contributed by atoms with Crippen molar-refractivity contribution in [2.45, 2.75) is 25.5 Å². The van der Waals surface area contributed by atoms with E-state index in [0.29, 0.717) is 12.5 Å². The van der Waals surface area contributed by atoms with Gasteiger partial charge in [0, 0.05) is 25.6 Å². The molecule has 0 bridgehead atoms. The number of likely N-dealkylation sites (tertiary alicyclic amines) is 1. The highest BCUT2D eigenvalue weighted by Crippen LogP contribution is 2.43. The van der Waals surface area contributed by atoms with Crippen molar-refractivity contribution in [3.63, 3.8) is 0 Å². The quantitative estimate of drug-likeness (QED) is 0.864. The van der Waals surface area contributed by atoms with E-state index in [1.165, 1.54) is 26.0 Å². The number of amides is 1. The number of carbonyl (C=O) groups is 1. The third-order valence-electron chi connectivity index (χ3n) is 4.54. The lowest BCUT2D eigenvalue weighted by atomic mass is 9.89. The molecule has 2 saturated heterocycles. The topological polar surface area (TPSA) is 52.6 Å². The molecule has 21 heavy (non-hydrogen) atoms. The van der Waals surface area contributed by atoms with E-state index in [4.69, 9.17) is 0 Å². The summed E-state index contributed by atoms with van der Waals surface area (Å²) in [6.45, 7) is 5.31. The molecule has 0 unspecified atom stereocenters. The lowest BCUT2D eigenvalue weighted by molar-refractivity contribution is -0.149. The smallest absolute Gasteiger partial charge is 0.254 e. The summed E-state index contributed by atoms with van der Waals surface area (Å²) in [5, 5.41) is 13.4. The number of hydrogen-bond donors (Lipinski definition) is 2. The van der Waals surface area contributed by atoms with Crippen LogP contribution in [0, 0.1) is 17.7 Å². The van der Waals surface area contributed by atoms with Gasteiger partial charge in [0.05, 0.1) is 6.04 Å². The van der Waals surface area contributed by atoms with Gasteiger partial charge in [0.25, 0.3) is 5.91 Å². The van der Waals surface area contributed by atoms with Gasteiger partial charge < -0.3 is 15.3 Å². The number of fused-ring (bicyclic) bond motifs is 1. The van der Waals surface area contributed by atoms with E-state index in [9.17, 15) is 14.3 Å². The van der Waals surface area contributed by atoms with Crippen molar-refractivity contribution >= 4 is 5.91 Å². The molecule has 5 heteroatoms. The third kappa shape index (κ3) is 2.56. The van der Waals surface area contributed by atoms with Gasteiger partial charge in [-0.15, -0.1) is 0 Å². The first kappa shape index (κ1) is 14.5. The maximum atomic E-state index is 13.6. The molecule has 0 radical (unpaired) electrons. The lowest BCUT2D eigenvalue weighted by Crippen LogP contribution is -2.46. The van der Waals surface area contributed by atoms with E-state index < -0.39 is 5.60 Å². The zero-order valence-electron chi connectivity index (χ0n) is 12.3. The summed E-state index contributed by atoms with van der Waals surface area (Å²) in [7, 11) is 0. The zero-order valence-corrected chi connectivity index (χ0v) is 12.3. The van der Waals surface area contributed by atoms with Crippen LogP contribution in [0.25, 0.3) is 0 Å². The maximum absolute atomic E-state index is 13.6. The number of benzene rings is 1. The van der Waals surface area contributed by atoms with Crippen LogP contribution >= 0.6 is 0 Å². The van der Waals surface area contributed by atoms with Crippen molar-refractivity contribution in [2.24, 2.45) is 11.8 Å². The van der Waals surface area contributed by atoms with Crippen molar-refractivity contribution in [1.82, 2.24) is 10.2 Å². The summed E-state index contributed by atoms with van der Waals surface area (Å²) < 4.78 is 13.6. The number of nitrogens with one attached hydrogen (secondary N) is 1. The van der Waals surface area contributed by atoms with Crippen molar-refractivity contribution in [1.29, 1.82) is 0 Å². The van der Waals surface area contributed by atoms with E-state index in [0.717, 1.165) is 18.7 Å². The molecule has 1 aromatic rings. The van der Waals surface area contributed by atoms with Crippen LogP contribution in [0.5, 0.6) is 0 Å². The maximum Gasteiger partial charge on any atom is 0.254 e. The minimum Gasteiger partial charge on any atom is -0.381 e. The van der Waals surface area contributed by atoms with E-state index in [1.54, 1.807) is 11.0 Å². The molecule has 2 aliphatic rings. The summed E-state index contributed by atoms with van der Waals surface area (Å²) in [5.41, 5.74) is -0.596. The fourth-order valence-electron chi connectivity index (χ4n) is 3.60. The Kier molecular flexibility index (Phi) is 3.50. The van der Waals surface area contributed by atoms with Crippen molar-refractivity contribution in [2.75, 3.05) is 19.6 Å². The lowest BCUT2D eigenvalue weighted by Gasteiger charge is -2.32. The zero-order chi connectivity index (χ0) is 15.2. The fourth-order valence-corrected chi connectivity index (χ4v) is 3.60. The monoisotopic (exact) mass is 292 g/mol. The molecule has 1 aromatic carbocycles. The van der Waals surface area contributed by atoms with Crippen LogP contribution < -0.4 is 5.32 Å². The fraction of sp³-hybridized carbons (Fsp3) is 0.562. The molecule has 1 amide bonds. The Morgan fingerprint density at radius 1 is 1.43 bits per heavy atom. The van der Waals surface area contributed by atoms with Crippen molar-refractivity contribution < 1.29 is 14.3 Å². The van der Waals surface area contributed by atoms with Gasteiger partial charge in [0.1, 0.15) is 11.4 Å². The summed E-state index contributed by atoms with van der Waals surface area (Å²) in [6.07, 6.45) is 0. The Balaban J connectivity index is 1.97. The molecule has 3 rings (SSSR count). The Morgan fingerprint density at radius 3 is 2.86 bits per heavy atom. The summed E-state index contributed by atoms with van der Waals surface area (Å²) >= 11 is 0. The first-order valence-electron chi connectivity index (χ1n) is 7.37. The van der Waals surface area contributed by atoms with Gasteiger partial charge in [-0.1, -0.05) is 12.1 Å². The minimum atomic E-state index is -1.41. The largest absolute Gasteiger partial charge is 0.381 e. The predicted molar refractivity (Wildman–Crippen MR) is 77.0 cm³/mol. The molecule has 2 N–H and O–H groups in total. The van der Waals surface area contributed by atoms with Crippen LogP contribution in [0.4, 0.5) is 4.39 Å². The van der Waals surface area contributed by atoms with Gasteiger partial charge in [-0.3, -0.25) is 4.79 Å². The number of halogens is 1. The third-order valence-corrected chi connectivity index (χ3v) is 4.54. The molecular weight excluding hydrogens is 271 g/mol. The second-order valence-corrected chi connectivity index (χ2v) is 6.60. The van der Waals surface area contributed by atoms with Gasteiger partial charge >= 0.3 is 0 Å². The van der Waals surface area contributed by atoms with Gasteiger partial charge in [-0.05, 0) is 37.5 Å².